The maximum atomic E-state index is 5.46. The Morgan fingerprint density at radius 3 is 1.92 bits per heavy atom. The van der Waals surface area contributed by atoms with E-state index in [0.717, 1.165) is 0 Å². The molecule has 0 aromatic heterocycles. The molecule has 80 valence electrons. The van der Waals surface area contributed by atoms with Crippen molar-refractivity contribution < 1.29 is 9.47 Å². The third kappa shape index (κ3) is 10.5. The second-order valence-electron chi connectivity index (χ2n) is 3.38. The van der Waals surface area contributed by atoms with E-state index < -0.39 is 0 Å². The maximum absolute atomic E-state index is 5.46. The van der Waals surface area contributed by atoms with Crippen LogP contribution in [0.2, 0.25) is 0 Å². The van der Waals surface area contributed by atoms with E-state index in [1.54, 1.807) is 0 Å². The molecular formula is C9H20O2S2. The highest BCUT2D eigenvalue weighted by atomic mass is 32.1. The van der Waals surface area contributed by atoms with E-state index in [1.807, 2.05) is 20.8 Å². The van der Waals surface area contributed by atoms with Gasteiger partial charge >= 0.3 is 0 Å². The van der Waals surface area contributed by atoms with Crippen LogP contribution in [0.15, 0.2) is 0 Å². The van der Waals surface area contributed by atoms with Gasteiger partial charge in [0.2, 0.25) is 0 Å². The molecule has 0 spiro atoms. The first-order valence-electron chi connectivity index (χ1n) is 4.57. The Bertz CT molecular complexity index is 118. The van der Waals surface area contributed by atoms with Gasteiger partial charge < -0.3 is 9.47 Å². The summed E-state index contributed by atoms with van der Waals surface area (Å²) in [5.41, 5.74) is 0. The zero-order chi connectivity index (χ0) is 10.3. The molecule has 0 aromatic rings. The van der Waals surface area contributed by atoms with Gasteiger partial charge in [-0.15, -0.1) is 0 Å². The minimum Gasteiger partial charge on any atom is -0.378 e. The van der Waals surface area contributed by atoms with Gasteiger partial charge in [0, 0.05) is 10.5 Å². The first-order valence-corrected chi connectivity index (χ1v) is 5.61. The predicted molar refractivity (Wildman–Crippen MR) is 63.1 cm³/mol. The molecule has 0 rings (SSSR count). The largest absolute Gasteiger partial charge is 0.378 e. The summed E-state index contributed by atoms with van der Waals surface area (Å²) in [6.07, 6.45) is 0.140. The fourth-order valence-electron chi connectivity index (χ4n) is 0.756. The Morgan fingerprint density at radius 1 is 0.923 bits per heavy atom. The molecule has 2 nitrogen and oxygen atoms in total. The van der Waals surface area contributed by atoms with Gasteiger partial charge in [-0.1, -0.05) is 13.8 Å². The molecule has 0 heterocycles. The lowest BCUT2D eigenvalue weighted by molar-refractivity contribution is -0.00381. The third-order valence-electron chi connectivity index (χ3n) is 1.33. The fourth-order valence-corrected chi connectivity index (χ4v) is 0.948. The topological polar surface area (TPSA) is 18.5 Å². The van der Waals surface area contributed by atoms with E-state index in [4.69, 9.17) is 9.47 Å². The number of hydrogen-bond donors (Lipinski definition) is 2. The van der Waals surface area contributed by atoms with Gasteiger partial charge in [-0.2, -0.15) is 25.3 Å². The van der Waals surface area contributed by atoms with Crippen molar-refractivity contribution in [2.45, 2.75) is 37.4 Å². The number of hydrogen-bond acceptors (Lipinski definition) is 4. The van der Waals surface area contributed by atoms with Crippen molar-refractivity contribution in [1.29, 1.82) is 0 Å². The van der Waals surface area contributed by atoms with Crippen LogP contribution in [-0.4, -0.2) is 36.4 Å². The molecule has 0 bridgehead atoms. The minimum absolute atomic E-state index is 0.140. The van der Waals surface area contributed by atoms with E-state index in [9.17, 15) is 0 Å². The van der Waals surface area contributed by atoms with Crippen molar-refractivity contribution in [2.75, 3.05) is 19.8 Å². The summed E-state index contributed by atoms with van der Waals surface area (Å²) in [6, 6.07) is 0. The predicted octanol–water partition coefficient (Wildman–Crippen LogP) is 2.04. The van der Waals surface area contributed by atoms with Gasteiger partial charge in [0.25, 0.3) is 0 Å². The normalized spacial score (nSPS) is 18.2. The smallest absolute Gasteiger partial charge is 0.0780 e. The summed E-state index contributed by atoms with van der Waals surface area (Å²) in [4.78, 5) is 0. The van der Waals surface area contributed by atoms with E-state index >= 15 is 0 Å². The van der Waals surface area contributed by atoms with Crippen LogP contribution in [0, 0.1) is 0 Å². The lowest BCUT2D eigenvalue weighted by Crippen LogP contribution is -2.21. The Labute approximate surface area is 92.2 Å². The van der Waals surface area contributed by atoms with Crippen LogP contribution < -0.4 is 0 Å². The molecule has 0 amide bonds. The standard InChI is InChI=1S/C9H20O2S2/c1-7(11-6-9(3)13)4-10-5-8(2)12/h7-9,12-13H,4-6H2,1-3H3. The van der Waals surface area contributed by atoms with Gasteiger partial charge in [0.1, 0.15) is 0 Å². The molecule has 0 fully saturated rings. The summed E-state index contributed by atoms with van der Waals surface area (Å²) in [5, 5.41) is 0.572. The van der Waals surface area contributed by atoms with Crippen LogP contribution in [0.4, 0.5) is 0 Å². The molecule has 0 aromatic carbocycles. The van der Waals surface area contributed by atoms with Crippen LogP contribution in [0.3, 0.4) is 0 Å². The average molecular weight is 224 g/mol. The van der Waals surface area contributed by atoms with Gasteiger partial charge in [-0.3, -0.25) is 0 Å². The molecule has 0 radical (unpaired) electrons. The molecule has 4 heteroatoms. The first-order chi connectivity index (χ1) is 6.02. The zero-order valence-corrected chi connectivity index (χ0v) is 10.4. The molecule has 0 aliphatic heterocycles. The molecule has 0 saturated heterocycles. The first kappa shape index (κ1) is 13.6. The van der Waals surface area contributed by atoms with E-state index in [2.05, 4.69) is 25.3 Å². The third-order valence-corrected chi connectivity index (χ3v) is 1.63. The number of thiol groups is 2. The molecule has 3 unspecified atom stereocenters. The Balaban J connectivity index is 3.25. The van der Waals surface area contributed by atoms with Crippen molar-refractivity contribution in [3.63, 3.8) is 0 Å². The van der Waals surface area contributed by atoms with Gasteiger partial charge in [0.05, 0.1) is 25.9 Å². The number of rotatable bonds is 7. The molecule has 0 aliphatic rings. The van der Waals surface area contributed by atoms with Crippen molar-refractivity contribution >= 4 is 25.3 Å². The van der Waals surface area contributed by atoms with Crippen LogP contribution in [0.25, 0.3) is 0 Å². The lowest BCUT2D eigenvalue weighted by Gasteiger charge is -2.15. The van der Waals surface area contributed by atoms with Crippen molar-refractivity contribution in [1.82, 2.24) is 0 Å². The van der Waals surface area contributed by atoms with E-state index in [0.29, 0.717) is 19.8 Å². The van der Waals surface area contributed by atoms with E-state index in [-0.39, 0.29) is 16.6 Å². The summed E-state index contributed by atoms with van der Waals surface area (Å²) < 4.78 is 10.8. The zero-order valence-electron chi connectivity index (χ0n) is 8.56. The minimum atomic E-state index is 0.140. The summed E-state index contributed by atoms with van der Waals surface area (Å²) in [7, 11) is 0. The molecule has 13 heavy (non-hydrogen) atoms. The Morgan fingerprint density at radius 2 is 1.46 bits per heavy atom. The van der Waals surface area contributed by atoms with E-state index in [1.165, 1.54) is 0 Å². The Hall–Kier alpha value is 0.620. The van der Waals surface area contributed by atoms with Crippen LogP contribution in [0.1, 0.15) is 20.8 Å². The summed E-state index contributed by atoms with van der Waals surface area (Å²) in [6.45, 7) is 7.99. The molecule has 0 N–H and O–H groups in total. The summed E-state index contributed by atoms with van der Waals surface area (Å²) in [5.74, 6) is 0. The lowest BCUT2D eigenvalue weighted by atomic mass is 10.4. The summed E-state index contributed by atoms with van der Waals surface area (Å²) >= 11 is 8.43. The highest BCUT2D eigenvalue weighted by Gasteiger charge is 2.04. The van der Waals surface area contributed by atoms with Gasteiger partial charge in [-0.05, 0) is 6.92 Å². The molecule has 0 aliphatic carbocycles. The second kappa shape index (κ2) is 7.97. The van der Waals surface area contributed by atoms with Gasteiger partial charge in [-0.25, -0.2) is 0 Å². The fraction of sp³-hybridized carbons (Fsp3) is 1.00. The van der Waals surface area contributed by atoms with Gasteiger partial charge in [0.15, 0.2) is 0 Å². The average Bonchev–Trinajstić information content (AvgIpc) is 2.00. The SMILES string of the molecule is CC(S)COCC(C)OCC(C)S. The molecule has 3 atom stereocenters. The molecular weight excluding hydrogens is 204 g/mol. The van der Waals surface area contributed by atoms with Crippen LogP contribution in [0.5, 0.6) is 0 Å². The highest BCUT2D eigenvalue weighted by Crippen LogP contribution is 2.00. The quantitative estimate of drug-likeness (QED) is 0.645. The van der Waals surface area contributed by atoms with Crippen molar-refractivity contribution in [2.24, 2.45) is 0 Å². The second-order valence-corrected chi connectivity index (χ2v) is 5.14. The van der Waals surface area contributed by atoms with Crippen LogP contribution in [-0.2, 0) is 9.47 Å². The van der Waals surface area contributed by atoms with Crippen molar-refractivity contribution in [3.8, 4) is 0 Å². The molecule has 0 saturated carbocycles. The number of ether oxygens (including phenoxy) is 2. The Kier molecular flexibility index (Phi) is 8.35. The van der Waals surface area contributed by atoms with Crippen molar-refractivity contribution in [3.05, 3.63) is 0 Å². The monoisotopic (exact) mass is 224 g/mol. The van der Waals surface area contributed by atoms with Crippen LogP contribution >= 0.6 is 25.3 Å². The highest BCUT2D eigenvalue weighted by molar-refractivity contribution is 7.81. The maximum Gasteiger partial charge on any atom is 0.0780 e.